The van der Waals surface area contributed by atoms with Gasteiger partial charge in [0.15, 0.2) is 5.78 Å². The Morgan fingerprint density at radius 1 is 0.944 bits per heavy atom. The van der Waals surface area contributed by atoms with Crippen LogP contribution < -0.4 is 10.4 Å². The summed E-state index contributed by atoms with van der Waals surface area (Å²) in [5, 5.41) is 12.9. The first-order chi connectivity index (χ1) is 17.2. The molecule has 3 aromatic carbocycles. The van der Waals surface area contributed by atoms with E-state index in [2.05, 4.69) is 116 Å². The van der Waals surface area contributed by atoms with Crippen LogP contribution in [0.15, 0.2) is 97.1 Å². The second kappa shape index (κ2) is 13.5. The molecule has 0 radical (unpaired) electrons. The lowest BCUT2D eigenvalue weighted by Crippen LogP contribution is -2.66. The normalized spacial score (nSPS) is 13.1. The van der Waals surface area contributed by atoms with Crippen LogP contribution in [0.5, 0.6) is 0 Å². The summed E-state index contributed by atoms with van der Waals surface area (Å²) in [6.45, 7) is 7.34. The van der Waals surface area contributed by atoms with Crippen molar-refractivity contribution in [2.75, 3.05) is 6.61 Å². The van der Waals surface area contributed by atoms with Crippen LogP contribution in [0, 0.1) is 3.57 Å². The van der Waals surface area contributed by atoms with Crippen molar-refractivity contribution in [3.8, 4) is 0 Å². The van der Waals surface area contributed by atoms with E-state index >= 15 is 0 Å². The van der Waals surface area contributed by atoms with Gasteiger partial charge < -0.3 is 9.53 Å². The second-order valence-corrected chi connectivity index (χ2v) is 15.7. The third-order valence-corrected chi connectivity index (χ3v) is 12.2. The second-order valence-electron chi connectivity index (χ2n) is 10.2. The molecule has 0 aromatic heterocycles. The monoisotopic (exact) mass is 612 g/mol. The van der Waals surface area contributed by atoms with Gasteiger partial charge in [-0.3, -0.25) is 4.79 Å². The summed E-state index contributed by atoms with van der Waals surface area (Å²) in [6, 6.07) is 29.4. The zero-order valence-electron chi connectivity index (χ0n) is 21.5. The number of aliphatic hydroxyl groups excluding tert-OH is 1. The lowest BCUT2D eigenvalue weighted by atomic mass is 10.1. The standard InChI is InChI=1S/C31H37IO3Si/c1-31(2,3)36(29-12-6-4-7-13-29,30-14-8-5-9-15-30)35-24-10-11-27(33)22-23-28(34)21-18-25-16-19-26(32)20-17-25/h4-9,12-17,19-20,22-23,27,33H,10-11,18,21,24H2,1-3H3/b23-22+. The molecule has 0 bridgehead atoms. The summed E-state index contributed by atoms with van der Waals surface area (Å²) in [5.41, 5.74) is 1.15. The largest absolute Gasteiger partial charge is 0.407 e. The van der Waals surface area contributed by atoms with E-state index in [4.69, 9.17) is 4.43 Å². The molecule has 0 aliphatic rings. The van der Waals surface area contributed by atoms with Crippen molar-refractivity contribution in [1.29, 1.82) is 0 Å². The predicted molar refractivity (Wildman–Crippen MR) is 160 cm³/mol. The third-order valence-electron chi connectivity index (χ3n) is 6.46. The Labute approximate surface area is 230 Å². The summed E-state index contributed by atoms with van der Waals surface area (Å²) in [5.74, 6) is 0.0381. The number of hydrogen-bond donors (Lipinski definition) is 1. The fourth-order valence-electron chi connectivity index (χ4n) is 4.60. The van der Waals surface area contributed by atoms with Gasteiger partial charge in [-0.05, 0) is 81.0 Å². The minimum absolute atomic E-state index is 0.0381. The molecule has 1 N–H and O–H groups in total. The number of ketones is 1. The topological polar surface area (TPSA) is 46.5 Å². The highest BCUT2D eigenvalue weighted by Gasteiger charge is 2.49. The molecule has 190 valence electrons. The Balaban J connectivity index is 1.58. The van der Waals surface area contributed by atoms with Gasteiger partial charge in [0.1, 0.15) is 0 Å². The summed E-state index contributed by atoms with van der Waals surface area (Å²) >= 11 is 2.27. The van der Waals surface area contributed by atoms with E-state index in [-0.39, 0.29) is 10.8 Å². The molecule has 3 rings (SSSR count). The minimum Gasteiger partial charge on any atom is -0.407 e. The molecule has 0 saturated carbocycles. The molecule has 0 aliphatic heterocycles. The average Bonchev–Trinajstić information content (AvgIpc) is 2.87. The Bertz CT molecular complexity index is 1070. The van der Waals surface area contributed by atoms with Crippen molar-refractivity contribution in [1.82, 2.24) is 0 Å². The highest BCUT2D eigenvalue weighted by atomic mass is 127. The third kappa shape index (κ3) is 7.72. The maximum absolute atomic E-state index is 12.3. The molecule has 1 unspecified atom stereocenters. The van der Waals surface area contributed by atoms with Crippen molar-refractivity contribution in [3.05, 3.63) is 106 Å². The van der Waals surface area contributed by atoms with E-state index in [9.17, 15) is 9.90 Å². The fraction of sp³-hybridized carbons (Fsp3) is 0.323. The first kappa shape index (κ1) is 28.5. The predicted octanol–water partition coefficient (Wildman–Crippen LogP) is 6.07. The molecule has 3 nitrogen and oxygen atoms in total. The first-order valence-corrected chi connectivity index (χ1v) is 15.6. The van der Waals surface area contributed by atoms with Crippen molar-refractivity contribution in [2.24, 2.45) is 0 Å². The van der Waals surface area contributed by atoms with E-state index in [0.717, 1.165) is 5.56 Å². The van der Waals surface area contributed by atoms with Gasteiger partial charge in [0.25, 0.3) is 8.32 Å². The molecule has 5 heteroatoms. The van der Waals surface area contributed by atoms with Crippen LogP contribution in [0.1, 0.15) is 45.6 Å². The quantitative estimate of drug-likeness (QED) is 0.117. The van der Waals surface area contributed by atoms with Crippen LogP contribution in [0.2, 0.25) is 5.04 Å². The molecule has 0 spiro atoms. The van der Waals surface area contributed by atoms with E-state index < -0.39 is 14.4 Å². The molecule has 0 amide bonds. The van der Waals surface area contributed by atoms with Crippen molar-refractivity contribution in [2.45, 2.75) is 57.6 Å². The van der Waals surface area contributed by atoms with E-state index in [1.165, 1.54) is 20.0 Å². The highest BCUT2D eigenvalue weighted by Crippen LogP contribution is 2.36. The van der Waals surface area contributed by atoms with Gasteiger partial charge in [-0.2, -0.15) is 0 Å². The number of carbonyl (C=O) groups excluding carboxylic acids is 1. The van der Waals surface area contributed by atoms with Crippen LogP contribution in [0.25, 0.3) is 0 Å². The van der Waals surface area contributed by atoms with E-state index in [0.29, 0.717) is 32.3 Å². The zero-order valence-corrected chi connectivity index (χ0v) is 24.6. The van der Waals surface area contributed by atoms with E-state index in [1.54, 1.807) is 6.08 Å². The maximum atomic E-state index is 12.3. The van der Waals surface area contributed by atoms with Gasteiger partial charge in [0.05, 0.1) is 6.10 Å². The van der Waals surface area contributed by atoms with Gasteiger partial charge in [0.2, 0.25) is 0 Å². The molecule has 1 atom stereocenters. The van der Waals surface area contributed by atoms with Crippen LogP contribution in [0.3, 0.4) is 0 Å². The minimum atomic E-state index is -2.56. The number of carbonyl (C=O) groups is 1. The summed E-state index contributed by atoms with van der Waals surface area (Å²) in [7, 11) is -2.56. The molecular weight excluding hydrogens is 575 g/mol. The van der Waals surface area contributed by atoms with Gasteiger partial charge in [0, 0.05) is 16.6 Å². The Hall–Kier alpha value is -2.06. The smallest absolute Gasteiger partial charge is 0.261 e. The number of aliphatic hydroxyl groups is 1. The SMILES string of the molecule is CC(C)(C)[Si](OCCCC(O)/C=C/C(=O)CCc1ccc(I)cc1)(c1ccccc1)c1ccccc1. The van der Waals surface area contributed by atoms with Gasteiger partial charge in [-0.15, -0.1) is 0 Å². The van der Waals surface area contributed by atoms with Crippen LogP contribution in [-0.4, -0.2) is 31.9 Å². The van der Waals surface area contributed by atoms with Gasteiger partial charge >= 0.3 is 0 Å². The maximum Gasteiger partial charge on any atom is 0.261 e. The molecule has 0 saturated heterocycles. The number of aryl methyl sites for hydroxylation is 1. The van der Waals surface area contributed by atoms with Crippen molar-refractivity contribution in [3.63, 3.8) is 0 Å². The number of allylic oxidation sites excluding steroid dienone is 1. The summed E-state index contributed by atoms with van der Waals surface area (Å²) in [6.07, 6.45) is 4.92. The number of benzene rings is 3. The van der Waals surface area contributed by atoms with E-state index in [1.807, 2.05) is 12.1 Å². The Morgan fingerprint density at radius 2 is 1.50 bits per heavy atom. The Morgan fingerprint density at radius 3 is 2.03 bits per heavy atom. The number of hydrogen-bond acceptors (Lipinski definition) is 3. The van der Waals surface area contributed by atoms with Crippen LogP contribution >= 0.6 is 22.6 Å². The van der Waals surface area contributed by atoms with Crippen LogP contribution in [-0.2, 0) is 15.6 Å². The molecule has 0 heterocycles. The summed E-state index contributed by atoms with van der Waals surface area (Å²) < 4.78 is 8.06. The molecule has 0 fully saturated rings. The lowest BCUT2D eigenvalue weighted by molar-refractivity contribution is -0.114. The van der Waals surface area contributed by atoms with Gasteiger partial charge in [-0.25, -0.2) is 0 Å². The average molecular weight is 613 g/mol. The summed E-state index contributed by atoms with van der Waals surface area (Å²) in [4.78, 5) is 12.3. The fourth-order valence-corrected chi connectivity index (χ4v) is 9.56. The molecular formula is C31H37IO3Si. The van der Waals surface area contributed by atoms with Crippen molar-refractivity contribution < 1.29 is 14.3 Å². The Kier molecular flexibility index (Phi) is 10.7. The highest BCUT2D eigenvalue weighted by molar-refractivity contribution is 14.1. The van der Waals surface area contributed by atoms with Gasteiger partial charge in [-0.1, -0.05) is 99.6 Å². The van der Waals surface area contributed by atoms with Crippen LogP contribution in [0.4, 0.5) is 0 Å². The molecule has 3 aromatic rings. The number of halogens is 1. The van der Waals surface area contributed by atoms with Crippen molar-refractivity contribution >= 4 is 47.1 Å². The molecule has 0 aliphatic carbocycles. The number of rotatable bonds is 12. The zero-order chi connectivity index (χ0) is 26.0. The first-order valence-electron chi connectivity index (χ1n) is 12.6. The lowest BCUT2D eigenvalue weighted by Gasteiger charge is -2.43. The molecule has 36 heavy (non-hydrogen) atoms.